The topological polar surface area (TPSA) is 59.9 Å². The molecule has 0 unspecified atom stereocenters. The van der Waals surface area contributed by atoms with Gasteiger partial charge >= 0.3 is 0 Å². The minimum absolute atomic E-state index is 0.327. The lowest BCUT2D eigenvalue weighted by Gasteiger charge is -2.11. The first-order valence-corrected chi connectivity index (χ1v) is 7.47. The third kappa shape index (κ3) is 3.70. The van der Waals surface area contributed by atoms with Crippen molar-refractivity contribution < 1.29 is 4.74 Å². The van der Waals surface area contributed by atoms with Crippen molar-refractivity contribution in [3.63, 3.8) is 0 Å². The van der Waals surface area contributed by atoms with Crippen LogP contribution < -0.4 is 10.1 Å². The van der Waals surface area contributed by atoms with E-state index in [-0.39, 0.29) is 0 Å². The zero-order valence-corrected chi connectivity index (χ0v) is 13.6. The molecule has 0 amide bonds. The van der Waals surface area contributed by atoms with Gasteiger partial charge < -0.3 is 10.1 Å². The third-order valence-electron chi connectivity index (χ3n) is 3.07. The summed E-state index contributed by atoms with van der Waals surface area (Å²) in [7, 11) is 1.59. The van der Waals surface area contributed by atoms with Crippen LogP contribution in [0.3, 0.4) is 0 Å². The summed E-state index contributed by atoms with van der Waals surface area (Å²) in [5, 5.41) is 4.01. The maximum atomic E-state index is 6.20. The number of ether oxygens (including phenoxy) is 1. The Labute approximate surface area is 143 Å². The number of nitrogens with zero attached hydrogens (tertiary/aromatic N) is 3. The van der Waals surface area contributed by atoms with Crippen molar-refractivity contribution in [2.45, 2.75) is 0 Å². The highest BCUT2D eigenvalue weighted by molar-refractivity contribution is 6.33. The fraction of sp³-hybridized carbons (Fsp3) is 0.0625. The van der Waals surface area contributed by atoms with Gasteiger partial charge in [0.25, 0.3) is 0 Å². The summed E-state index contributed by atoms with van der Waals surface area (Å²) in [4.78, 5) is 12.7. The first-order valence-electron chi connectivity index (χ1n) is 6.71. The number of benzene rings is 1. The standard InChI is InChI=1S/C16H12Cl2N4O/c1-23-11-2-3-12(17)13(8-11)20-15-9-14(18)21-16(22-15)10-4-6-19-7-5-10/h2-9H,1H3,(H,20,21,22). The van der Waals surface area contributed by atoms with Crippen LogP contribution in [0.25, 0.3) is 11.4 Å². The smallest absolute Gasteiger partial charge is 0.163 e. The molecule has 0 aliphatic heterocycles. The molecule has 0 aliphatic rings. The average Bonchev–Trinajstić information content (AvgIpc) is 2.57. The fourth-order valence-corrected chi connectivity index (χ4v) is 2.33. The largest absolute Gasteiger partial charge is 0.497 e. The van der Waals surface area contributed by atoms with Crippen LogP contribution in [0.5, 0.6) is 5.75 Å². The van der Waals surface area contributed by atoms with E-state index in [0.717, 1.165) is 5.56 Å². The molecule has 0 aliphatic carbocycles. The maximum absolute atomic E-state index is 6.20. The van der Waals surface area contributed by atoms with Crippen molar-refractivity contribution in [3.8, 4) is 17.1 Å². The number of aromatic nitrogens is 3. The Kier molecular flexibility index (Phi) is 4.60. The monoisotopic (exact) mass is 346 g/mol. The lowest BCUT2D eigenvalue weighted by Crippen LogP contribution is -1.99. The first kappa shape index (κ1) is 15.5. The molecule has 23 heavy (non-hydrogen) atoms. The molecule has 1 aromatic carbocycles. The Morgan fingerprint density at radius 3 is 2.52 bits per heavy atom. The van der Waals surface area contributed by atoms with Gasteiger partial charge in [-0.25, -0.2) is 9.97 Å². The van der Waals surface area contributed by atoms with Gasteiger partial charge in [0.15, 0.2) is 5.82 Å². The zero-order valence-electron chi connectivity index (χ0n) is 12.1. The minimum atomic E-state index is 0.327. The second kappa shape index (κ2) is 6.81. The highest BCUT2D eigenvalue weighted by atomic mass is 35.5. The Bertz CT molecular complexity index is 828. The molecule has 0 fully saturated rings. The predicted molar refractivity (Wildman–Crippen MR) is 91.6 cm³/mol. The van der Waals surface area contributed by atoms with Crippen LogP contribution in [0.4, 0.5) is 11.5 Å². The molecule has 2 aromatic heterocycles. The van der Waals surface area contributed by atoms with Gasteiger partial charge in [-0.05, 0) is 24.3 Å². The van der Waals surface area contributed by atoms with Crippen LogP contribution in [0.1, 0.15) is 0 Å². The molecular formula is C16H12Cl2N4O. The highest BCUT2D eigenvalue weighted by Gasteiger charge is 2.08. The lowest BCUT2D eigenvalue weighted by molar-refractivity contribution is 0.415. The first-order chi connectivity index (χ1) is 11.2. The lowest BCUT2D eigenvalue weighted by atomic mass is 10.2. The van der Waals surface area contributed by atoms with E-state index in [0.29, 0.717) is 33.3 Å². The Balaban J connectivity index is 1.96. The van der Waals surface area contributed by atoms with E-state index in [1.807, 2.05) is 12.1 Å². The van der Waals surface area contributed by atoms with E-state index >= 15 is 0 Å². The number of anilines is 2. The summed E-state index contributed by atoms with van der Waals surface area (Å²) in [6, 6.07) is 10.6. The number of halogens is 2. The van der Waals surface area contributed by atoms with Gasteiger partial charge in [0.1, 0.15) is 16.7 Å². The quantitative estimate of drug-likeness (QED) is 0.699. The molecule has 1 N–H and O–H groups in total. The van der Waals surface area contributed by atoms with Gasteiger partial charge in [0, 0.05) is 30.1 Å². The Morgan fingerprint density at radius 2 is 1.78 bits per heavy atom. The van der Waals surface area contributed by atoms with Crippen molar-refractivity contribution >= 4 is 34.7 Å². The molecule has 0 atom stereocenters. The number of pyridine rings is 1. The molecular weight excluding hydrogens is 335 g/mol. The molecule has 3 rings (SSSR count). The molecule has 0 radical (unpaired) electrons. The van der Waals surface area contributed by atoms with Crippen molar-refractivity contribution in [2.75, 3.05) is 12.4 Å². The second-order valence-electron chi connectivity index (χ2n) is 4.61. The van der Waals surface area contributed by atoms with Crippen LogP contribution in [-0.4, -0.2) is 22.1 Å². The molecule has 5 nitrogen and oxygen atoms in total. The third-order valence-corrected chi connectivity index (χ3v) is 3.59. The second-order valence-corrected chi connectivity index (χ2v) is 5.40. The molecule has 3 aromatic rings. The van der Waals surface area contributed by atoms with Gasteiger partial charge in [-0.1, -0.05) is 23.2 Å². The summed E-state index contributed by atoms with van der Waals surface area (Å²) in [6.45, 7) is 0. The summed E-state index contributed by atoms with van der Waals surface area (Å²) < 4.78 is 5.20. The minimum Gasteiger partial charge on any atom is -0.497 e. The molecule has 7 heteroatoms. The molecule has 0 saturated carbocycles. The van der Waals surface area contributed by atoms with E-state index in [4.69, 9.17) is 27.9 Å². The number of hydrogen-bond donors (Lipinski definition) is 1. The summed E-state index contributed by atoms with van der Waals surface area (Å²) in [5.74, 6) is 1.72. The highest BCUT2D eigenvalue weighted by Crippen LogP contribution is 2.30. The van der Waals surface area contributed by atoms with Crippen molar-refractivity contribution in [2.24, 2.45) is 0 Å². The molecule has 0 saturated heterocycles. The maximum Gasteiger partial charge on any atom is 0.163 e. The summed E-state index contributed by atoms with van der Waals surface area (Å²) in [5.41, 5.74) is 1.49. The van der Waals surface area contributed by atoms with Crippen molar-refractivity contribution in [3.05, 3.63) is 59.0 Å². The van der Waals surface area contributed by atoms with E-state index in [1.165, 1.54) is 0 Å². The van der Waals surface area contributed by atoms with E-state index in [9.17, 15) is 0 Å². The van der Waals surface area contributed by atoms with Crippen LogP contribution in [0.15, 0.2) is 48.8 Å². The van der Waals surface area contributed by atoms with Crippen LogP contribution in [0, 0.1) is 0 Å². The van der Waals surface area contributed by atoms with Crippen molar-refractivity contribution in [1.82, 2.24) is 15.0 Å². The van der Waals surface area contributed by atoms with Crippen LogP contribution in [-0.2, 0) is 0 Å². The summed E-state index contributed by atoms with van der Waals surface area (Å²) >= 11 is 12.3. The van der Waals surface area contributed by atoms with E-state index < -0.39 is 0 Å². The van der Waals surface area contributed by atoms with E-state index in [2.05, 4.69) is 20.3 Å². The van der Waals surface area contributed by atoms with Gasteiger partial charge in [0.05, 0.1) is 17.8 Å². The molecule has 0 bridgehead atoms. The number of hydrogen-bond acceptors (Lipinski definition) is 5. The number of methoxy groups -OCH3 is 1. The SMILES string of the molecule is COc1ccc(Cl)c(Nc2cc(Cl)nc(-c3ccncc3)n2)c1. The Hall–Kier alpha value is -2.37. The average molecular weight is 347 g/mol. The van der Waals surface area contributed by atoms with Gasteiger partial charge in [-0.2, -0.15) is 0 Å². The number of nitrogens with one attached hydrogen (secondary N) is 1. The van der Waals surface area contributed by atoms with Gasteiger partial charge in [-0.3, -0.25) is 4.98 Å². The fourth-order valence-electron chi connectivity index (χ4n) is 1.98. The molecule has 2 heterocycles. The van der Waals surface area contributed by atoms with Crippen molar-refractivity contribution in [1.29, 1.82) is 0 Å². The van der Waals surface area contributed by atoms with Crippen LogP contribution >= 0.6 is 23.2 Å². The van der Waals surface area contributed by atoms with Gasteiger partial charge in [-0.15, -0.1) is 0 Å². The predicted octanol–water partition coefficient (Wildman–Crippen LogP) is 4.60. The van der Waals surface area contributed by atoms with E-state index in [1.54, 1.807) is 43.8 Å². The zero-order chi connectivity index (χ0) is 16.2. The molecule has 0 spiro atoms. The normalized spacial score (nSPS) is 10.4. The van der Waals surface area contributed by atoms with Crippen LogP contribution in [0.2, 0.25) is 10.2 Å². The molecule has 116 valence electrons. The van der Waals surface area contributed by atoms with Gasteiger partial charge in [0.2, 0.25) is 0 Å². The summed E-state index contributed by atoms with van der Waals surface area (Å²) in [6.07, 6.45) is 3.34. The Morgan fingerprint density at radius 1 is 1.00 bits per heavy atom. The number of rotatable bonds is 4.